The highest BCUT2D eigenvalue weighted by atomic mass is 19.4. The van der Waals surface area contributed by atoms with Crippen LogP contribution < -0.4 is 5.32 Å². The quantitative estimate of drug-likeness (QED) is 0.904. The van der Waals surface area contributed by atoms with Crippen molar-refractivity contribution < 1.29 is 18.0 Å². The van der Waals surface area contributed by atoms with E-state index in [4.69, 9.17) is 0 Å². The number of hydrogen-bond donors (Lipinski definition) is 1. The SMILES string of the molecule is CN(C)Cc1cccc(NC(=O)C2CCCC(C(F)(F)F)C2)c1. The molecule has 1 saturated carbocycles. The Morgan fingerprint density at radius 3 is 2.70 bits per heavy atom. The Morgan fingerprint density at radius 1 is 1.30 bits per heavy atom. The maximum absolute atomic E-state index is 12.8. The van der Waals surface area contributed by atoms with Gasteiger partial charge in [-0.15, -0.1) is 0 Å². The van der Waals surface area contributed by atoms with Crippen LogP contribution in [0.5, 0.6) is 0 Å². The Labute approximate surface area is 134 Å². The third kappa shape index (κ3) is 5.23. The van der Waals surface area contributed by atoms with Crippen LogP contribution in [-0.2, 0) is 11.3 Å². The van der Waals surface area contributed by atoms with Crippen molar-refractivity contribution in [3.8, 4) is 0 Å². The molecule has 1 aliphatic rings. The number of nitrogens with zero attached hydrogens (tertiary/aromatic N) is 1. The van der Waals surface area contributed by atoms with E-state index in [1.54, 1.807) is 6.07 Å². The number of anilines is 1. The van der Waals surface area contributed by atoms with E-state index in [9.17, 15) is 18.0 Å². The first kappa shape index (κ1) is 17.8. The Morgan fingerprint density at radius 2 is 2.04 bits per heavy atom. The Balaban J connectivity index is 1.98. The number of alkyl halides is 3. The molecule has 0 aliphatic heterocycles. The third-order valence-electron chi connectivity index (χ3n) is 4.20. The summed E-state index contributed by atoms with van der Waals surface area (Å²) in [7, 11) is 3.90. The highest BCUT2D eigenvalue weighted by Crippen LogP contribution is 2.40. The molecule has 0 spiro atoms. The van der Waals surface area contributed by atoms with Crippen molar-refractivity contribution in [2.45, 2.75) is 38.4 Å². The van der Waals surface area contributed by atoms with E-state index in [0.29, 0.717) is 18.5 Å². The van der Waals surface area contributed by atoms with Gasteiger partial charge in [-0.25, -0.2) is 0 Å². The van der Waals surface area contributed by atoms with Crippen LogP contribution in [0.25, 0.3) is 0 Å². The molecule has 0 radical (unpaired) electrons. The van der Waals surface area contributed by atoms with Crippen molar-refractivity contribution in [2.75, 3.05) is 19.4 Å². The first-order valence-electron chi connectivity index (χ1n) is 7.87. The first-order chi connectivity index (χ1) is 10.8. The predicted octanol–water partition coefficient (Wildman–Crippen LogP) is 4.06. The Kier molecular flexibility index (Phi) is 5.68. The lowest BCUT2D eigenvalue weighted by Gasteiger charge is -2.29. The fourth-order valence-corrected chi connectivity index (χ4v) is 3.08. The van der Waals surface area contributed by atoms with Gasteiger partial charge in [0, 0.05) is 18.2 Å². The van der Waals surface area contributed by atoms with Crippen LogP contribution in [-0.4, -0.2) is 31.1 Å². The minimum atomic E-state index is -4.20. The van der Waals surface area contributed by atoms with E-state index in [1.165, 1.54) is 0 Å². The molecule has 0 bridgehead atoms. The molecule has 6 heteroatoms. The van der Waals surface area contributed by atoms with Gasteiger partial charge in [-0.05, 0) is 51.1 Å². The van der Waals surface area contributed by atoms with Crippen molar-refractivity contribution >= 4 is 11.6 Å². The zero-order valence-electron chi connectivity index (χ0n) is 13.5. The fourth-order valence-electron chi connectivity index (χ4n) is 3.08. The number of carbonyl (C=O) groups excluding carboxylic acids is 1. The molecular formula is C17H23F3N2O. The van der Waals surface area contributed by atoms with Crippen molar-refractivity contribution in [1.82, 2.24) is 4.90 Å². The van der Waals surface area contributed by atoms with Gasteiger partial charge in [-0.2, -0.15) is 13.2 Å². The minimum Gasteiger partial charge on any atom is -0.326 e. The minimum absolute atomic E-state index is 0.104. The Bertz CT molecular complexity index is 543. The zero-order chi connectivity index (χ0) is 17.0. The standard InChI is InChI=1S/C17H23F3N2O/c1-22(2)11-12-5-3-8-15(9-12)21-16(23)13-6-4-7-14(10-13)17(18,19)20/h3,5,8-9,13-14H,4,6-7,10-11H2,1-2H3,(H,21,23). The Hall–Kier alpha value is -1.56. The van der Waals surface area contributed by atoms with Gasteiger partial charge in [0.05, 0.1) is 5.92 Å². The zero-order valence-corrected chi connectivity index (χ0v) is 13.5. The molecule has 1 aromatic rings. The summed E-state index contributed by atoms with van der Waals surface area (Å²) in [4.78, 5) is 14.3. The fraction of sp³-hybridized carbons (Fsp3) is 0.588. The van der Waals surface area contributed by atoms with Gasteiger partial charge >= 0.3 is 6.18 Å². The molecule has 1 amide bonds. The number of rotatable bonds is 4. The number of carbonyl (C=O) groups is 1. The second-order valence-corrected chi connectivity index (χ2v) is 6.53. The molecule has 1 fully saturated rings. The molecule has 3 nitrogen and oxygen atoms in total. The summed E-state index contributed by atoms with van der Waals surface area (Å²) in [6.07, 6.45) is -3.21. The monoisotopic (exact) mass is 328 g/mol. The van der Waals surface area contributed by atoms with Crippen LogP contribution in [0.15, 0.2) is 24.3 Å². The van der Waals surface area contributed by atoms with Crippen LogP contribution in [0.2, 0.25) is 0 Å². The molecule has 0 aromatic heterocycles. The topological polar surface area (TPSA) is 32.3 Å². The summed E-state index contributed by atoms with van der Waals surface area (Å²) in [6, 6.07) is 7.42. The van der Waals surface area contributed by atoms with Gasteiger partial charge in [0.25, 0.3) is 0 Å². The van der Waals surface area contributed by atoms with Crippen molar-refractivity contribution in [3.05, 3.63) is 29.8 Å². The van der Waals surface area contributed by atoms with Crippen molar-refractivity contribution in [1.29, 1.82) is 0 Å². The lowest BCUT2D eigenvalue weighted by molar-refractivity contribution is -0.185. The van der Waals surface area contributed by atoms with E-state index in [2.05, 4.69) is 5.32 Å². The van der Waals surface area contributed by atoms with E-state index in [0.717, 1.165) is 12.1 Å². The second kappa shape index (κ2) is 7.34. The molecule has 0 heterocycles. The van der Waals surface area contributed by atoms with Crippen LogP contribution in [0.3, 0.4) is 0 Å². The lowest BCUT2D eigenvalue weighted by Crippen LogP contribution is -2.34. The molecule has 23 heavy (non-hydrogen) atoms. The predicted molar refractivity (Wildman–Crippen MR) is 84.0 cm³/mol. The maximum atomic E-state index is 12.8. The summed E-state index contributed by atoms with van der Waals surface area (Å²) in [5.41, 5.74) is 1.69. The molecule has 2 atom stereocenters. The number of hydrogen-bond acceptors (Lipinski definition) is 2. The third-order valence-corrected chi connectivity index (χ3v) is 4.20. The summed E-state index contributed by atoms with van der Waals surface area (Å²) in [6.45, 7) is 0.739. The molecule has 2 rings (SSSR count). The second-order valence-electron chi connectivity index (χ2n) is 6.53. The van der Waals surface area contributed by atoms with Crippen molar-refractivity contribution in [2.24, 2.45) is 11.8 Å². The number of amides is 1. The highest BCUT2D eigenvalue weighted by molar-refractivity contribution is 5.92. The van der Waals surface area contributed by atoms with Crippen LogP contribution >= 0.6 is 0 Å². The molecule has 1 N–H and O–H groups in total. The average molecular weight is 328 g/mol. The van der Waals surface area contributed by atoms with Gasteiger partial charge in [0.15, 0.2) is 0 Å². The number of benzene rings is 1. The van der Waals surface area contributed by atoms with E-state index in [1.807, 2.05) is 37.2 Å². The van der Waals surface area contributed by atoms with E-state index < -0.39 is 18.0 Å². The molecular weight excluding hydrogens is 305 g/mol. The summed E-state index contributed by atoms with van der Waals surface area (Å²) >= 11 is 0. The molecule has 128 valence electrons. The summed E-state index contributed by atoms with van der Waals surface area (Å²) < 4.78 is 38.5. The van der Waals surface area contributed by atoms with Gasteiger partial charge in [-0.1, -0.05) is 18.6 Å². The van der Waals surface area contributed by atoms with Crippen LogP contribution in [0.1, 0.15) is 31.2 Å². The van der Waals surface area contributed by atoms with Gasteiger partial charge in [-0.3, -0.25) is 4.79 Å². The van der Waals surface area contributed by atoms with Crippen molar-refractivity contribution in [3.63, 3.8) is 0 Å². The largest absolute Gasteiger partial charge is 0.391 e. The molecule has 0 saturated heterocycles. The van der Waals surface area contributed by atoms with Gasteiger partial charge in [0.1, 0.15) is 0 Å². The smallest absolute Gasteiger partial charge is 0.326 e. The molecule has 1 aromatic carbocycles. The van der Waals surface area contributed by atoms with Crippen LogP contribution in [0, 0.1) is 11.8 Å². The van der Waals surface area contributed by atoms with E-state index in [-0.39, 0.29) is 18.7 Å². The molecule has 1 aliphatic carbocycles. The number of halogens is 3. The summed E-state index contributed by atoms with van der Waals surface area (Å²) in [5.74, 6) is -2.22. The van der Waals surface area contributed by atoms with Gasteiger partial charge < -0.3 is 10.2 Å². The highest BCUT2D eigenvalue weighted by Gasteiger charge is 2.43. The molecule has 2 unspecified atom stereocenters. The van der Waals surface area contributed by atoms with E-state index >= 15 is 0 Å². The van der Waals surface area contributed by atoms with Crippen LogP contribution in [0.4, 0.5) is 18.9 Å². The average Bonchev–Trinajstić information content (AvgIpc) is 2.46. The van der Waals surface area contributed by atoms with Gasteiger partial charge in [0.2, 0.25) is 5.91 Å². The number of nitrogens with one attached hydrogen (secondary N) is 1. The summed E-state index contributed by atoms with van der Waals surface area (Å²) in [5, 5.41) is 2.77. The lowest BCUT2D eigenvalue weighted by atomic mass is 9.80. The first-order valence-corrected chi connectivity index (χ1v) is 7.87. The maximum Gasteiger partial charge on any atom is 0.391 e. The normalized spacial score (nSPS) is 22.2.